The highest BCUT2D eigenvalue weighted by atomic mass is 32.1. The van der Waals surface area contributed by atoms with Gasteiger partial charge in [0.2, 0.25) is 0 Å². The lowest BCUT2D eigenvalue weighted by molar-refractivity contribution is 0.512. The first kappa shape index (κ1) is 13.6. The minimum atomic E-state index is 0.384. The van der Waals surface area contributed by atoms with Crippen LogP contribution in [0, 0.1) is 0 Å². The van der Waals surface area contributed by atoms with E-state index in [1.54, 1.807) is 11.3 Å². The normalized spacial score (nSPS) is 15.0. The van der Waals surface area contributed by atoms with Crippen LogP contribution in [-0.2, 0) is 0 Å². The third kappa shape index (κ3) is 3.52. The minimum Gasteiger partial charge on any atom is -0.308 e. The molecule has 0 aliphatic heterocycles. The maximum atomic E-state index is 4.32. The summed E-state index contributed by atoms with van der Waals surface area (Å²) in [6, 6.07) is 0.384. The Balaban J connectivity index is 2.66. The van der Waals surface area contributed by atoms with Crippen LogP contribution in [0.5, 0.6) is 0 Å². The van der Waals surface area contributed by atoms with Gasteiger partial charge in [-0.05, 0) is 25.8 Å². The quantitative estimate of drug-likeness (QED) is 0.794. The van der Waals surface area contributed by atoms with Crippen LogP contribution in [0.4, 0.5) is 0 Å². The molecule has 0 saturated heterocycles. The lowest BCUT2D eigenvalue weighted by Crippen LogP contribution is -2.21. The first-order chi connectivity index (χ1) is 7.72. The van der Waals surface area contributed by atoms with Crippen LogP contribution >= 0.6 is 11.3 Å². The Morgan fingerprint density at radius 1 is 1.12 bits per heavy atom. The summed E-state index contributed by atoms with van der Waals surface area (Å²) in [7, 11) is 0. The van der Waals surface area contributed by atoms with E-state index in [1.165, 1.54) is 5.01 Å². The van der Waals surface area contributed by atoms with Crippen molar-refractivity contribution in [2.45, 2.75) is 58.9 Å². The molecular weight excluding hydrogens is 218 g/mol. The van der Waals surface area contributed by atoms with Gasteiger partial charge in [0.05, 0.1) is 6.04 Å². The van der Waals surface area contributed by atoms with Gasteiger partial charge in [0.25, 0.3) is 0 Å². The van der Waals surface area contributed by atoms with E-state index in [0.29, 0.717) is 12.0 Å². The summed E-state index contributed by atoms with van der Waals surface area (Å²) >= 11 is 1.76. The van der Waals surface area contributed by atoms with Crippen molar-refractivity contribution < 1.29 is 0 Å². The number of nitrogens with zero attached hydrogens (tertiary/aromatic N) is 2. The summed E-state index contributed by atoms with van der Waals surface area (Å²) in [5.74, 6) is 0.537. The molecule has 1 heterocycles. The van der Waals surface area contributed by atoms with E-state index in [4.69, 9.17) is 0 Å². The van der Waals surface area contributed by atoms with E-state index in [2.05, 4.69) is 43.2 Å². The molecular formula is C12H23N3S. The van der Waals surface area contributed by atoms with Gasteiger partial charge in [-0.15, -0.1) is 10.2 Å². The predicted molar refractivity (Wildman–Crippen MR) is 69.9 cm³/mol. The van der Waals surface area contributed by atoms with Gasteiger partial charge in [0.15, 0.2) is 0 Å². The Hall–Kier alpha value is -0.480. The molecule has 1 aromatic heterocycles. The van der Waals surface area contributed by atoms with Gasteiger partial charge in [-0.3, -0.25) is 0 Å². The third-order valence-corrected chi connectivity index (χ3v) is 4.11. The fraction of sp³-hybridized carbons (Fsp3) is 0.833. The summed E-state index contributed by atoms with van der Waals surface area (Å²) < 4.78 is 0. The predicted octanol–water partition coefficient (Wildman–Crippen LogP) is 3.50. The average molecular weight is 241 g/mol. The highest BCUT2D eigenvalue weighted by Crippen LogP contribution is 2.26. The number of hydrogen-bond acceptors (Lipinski definition) is 4. The maximum Gasteiger partial charge on any atom is 0.134 e. The standard InChI is InChI=1S/C12H23N3S/c1-5-8-13-10(7-3)12-15-14-11(16-12)9(4)6-2/h9-10,13H,5-8H2,1-4H3. The van der Waals surface area contributed by atoms with Crippen molar-refractivity contribution in [1.29, 1.82) is 0 Å². The molecule has 2 atom stereocenters. The molecule has 0 amide bonds. The van der Waals surface area contributed by atoms with E-state index in [1.807, 2.05) is 0 Å². The Kier molecular flexibility index (Phi) is 5.91. The minimum absolute atomic E-state index is 0.384. The SMILES string of the molecule is CCCNC(CC)c1nnc(C(C)CC)s1. The molecule has 0 bridgehead atoms. The van der Waals surface area contributed by atoms with Gasteiger partial charge >= 0.3 is 0 Å². The molecule has 0 aliphatic carbocycles. The summed E-state index contributed by atoms with van der Waals surface area (Å²) in [5.41, 5.74) is 0. The molecule has 0 aliphatic rings. The fourth-order valence-electron chi connectivity index (χ4n) is 1.49. The topological polar surface area (TPSA) is 37.8 Å². The van der Waals surface area contributed by atoms with Gasteiger partial charge in [-0.1, -0.05) is 39.0 Å². The van der Waals surface area contributed by atoms with Gasteiger partial charge in [0.1, 0.15) is 10.0 Å². The molecule has 0 fully saturated rings. The summed E-state index contributed by atoms with van der Waals surface area (Å²) in [6.07, 6.45) is 3.37. The lowest BCUT2D eigenvalue weighted by Gasteiger charge is -2.12. The third-order valence-electron chi connectivity index (χ3n) is 2.84. The molecule has 4 heteroatoms. The Morgan fingerprint density at radius 2 is 1.81 bits per heavy atom. The summed E-state index contributed by atoms with van der Waals surface area (Å²) in [5, 5.41) is 14.4. The van der Waals surface area contributed by atoms with Crippen LogP contribution in [0.3, 0.4) is 0 Å². The van der Waals surface area contributed by atoms with Crippen molar-refractivity contribution in [2.24, 2.45) is 0 Å². The molecule has 1 rings (SSSR count). The molecule has 0 aromatic carbocycles. The number of rotatable bonds is 7. The highest BCUT2D eigenvalue weighted by Gasteiger charge is 2.16. The Bertz CT molecular complexity index is 298. The molecule has 2 unspecified atom stereocenters. The molecule has 92 valence electrons. The molecule has 0 saturated carbocycles. The lowest BCUT2D eigenvalue weighted by atomic mass is 10.1. The number of aromatic nitrogens is 2. The first-order valence-electron chi connectivity index (χ1n) is 6.29. The molecule has 0 spiro atoms. The van der Waals surface area contributed by atoms with E-state index < -0.39 is 0 Å². The van der Waals surface area contributed by atoms with E-state index in [9.17, 15) is 0 Å². The second-order valence-corrected chi connectivity index (χ2v) is 5.24. The van der Waals surface area contributed by atoms with Crippen molar-refractivity contribution in [1.82, 2.24) is 15.5 Å². The molecule has 1 N–H and O–H groups in total. The van der Waals surface area contributed by atoms with Gasteiger partial charge in [-0.2, -0.15) is 0 Å². The van der Waals surface area contributed by atoms with Crippen molar-refractivity contribution in [3.8, 4) is 0 Å². The molecule has 3 nitrogen and oxygen atoms in total. The number of nitrogens with one attached hydrogen (secondary N) is 1. The van der Waals surface area contributed by atoms with Crippen molar-refractivity contribution in [2.75, 3.05) is 6.54 Å². The average Bonchev–Trinajstić information content (AvgIpc) is 2.78. The smallest absolute Gasteiger partial charge is 0.134 e. The zero-order chi connectivity index (χ0) is 12.0. The van der Waals surface area contributed by atoms with Crippen molar-refractivity contribution in [3.63, 3.8) is 0 Å². The van der Waals surface area contributed by atoms with E-state index in [0.717, 1.165) is 30.8 Å². The van der Waals surface area contributed by atoms with Crippen LogP contribution in [0.25, 0.3) is 0 Å². The van der Waals surface area contributed by atoms with Crippen LogP contribution in [0.1, 0.15) is 68.9 Å². The van der Waals surface area contributed by atoms with Crippen LogP contribution in [0.2, 0.25) is 0 Å². The summed E-state index contributed by atoms with van der Waals surface area (Å²) in [6.45, 7) is 9.84. The maximum absolute atomic E-state index is 4.32. The van der Waals surface area contributed by atoms with Gasteiger partial charge < -0.3 is 5.32 Å². The molecule has 16 heavy (non-hydrogen) atoms. The van der Waals surface area contributed by atoms with E-state index in [-0.39, 0.29) is 0 Å². The second kappa shape index (κ2) is 6.97. The Morgan fingerprint density at radius 3 is 2.38 bits per heavy atom. The van der Waals surface area contributed by atoms with Crippen molar-refractivity contribution in [3.05, 3.63) is 10.0 Å². The van der Waals surface area contributed by atoms with Crippen LogP contribution in [0.15, 0.2) is 0 Å². The Labute approximate surface area is 103 Å². The monoisotopic (exact) mass is 241 g/mol. The zero-order valence-corrected chi connectivity index (χ0v) is 11.6. The van der Waals surface area contributed by atoms with Gasteiger partial charge in [-0.25, -0.2) is 0 Å². The summed E-state index contributed by atoms with van der Waals surface area (Å²) in [4.78, 5) is 0. The van der Waals surface area contributed by atoms with Crippen LogP contribution < -0.4 is 5.32 Å². The first-order valence-corrected chi connectivity index (χ1v) is 7.11. The molecule has 1 aromatic rings. The van der Waals surface area contributed by atoms with Crippen molar-refractivity contribution >= 4 is 11.3 Å². The number of hydrogen-bond donors (Lipinski definition) is 1. The highest BCUT2D eigenvalue weighted by molar-refractivity contribution is 7.11. The van der Waals surface area contributed by atoms with Gasteiger partial charge in [0, 0.05) is 5.92 Å². The largest absolute Gasteiger partial charge is 0.308 e. The second-order valence-electron chi connectivity index (χ2n) is 4.20. The van der Waals surface area contributed by atoms with Crippen LogP contribution in [-0.4, -0.2) is 16.7 Å². The molecule has 0 radical (unpaired) electrons. The van der Waals surface area contributed by atoms with E-state index >= 15 is 0 Å². The fourth-order valence-corrected chi connectivity index (χ4v) is 2.62. The zero-order valence-electron chi connectivity index (χ0n) is 10.8.